The summed E-state index contributed by atoms with van der Waals surface area (Å²) in [4.78, 5) is 0. The van der Waals surface area contributed by atoms with Gasteiger partial charge in [0.25, 0.3) is 0 Å². The summed E-state index contributed by atoms with van der Waals surface area (Å²) in [6, 6.07) is 8.47. The highest BCUT2D eigenvalue weighted by Gasteiger charge is 2.04. The highest BCUT2D eigenvalue weighted by atomic mass is 32.1. The zero-order valence-electron chi connectivity index (χ0n) is 8.37. The van der Waals surface area contributed by atoms with Gasteiger partial charge in [-0.2, -0.15) is 0 Å². The first-order chi connectivity index (χ1) is 6.63. The van der Waals surface area contributed by atoms with E-state index in [0.717, 1.165) is 0 Å². The summed E-state index contributed by atoms with van der Waals surface area (Å²) in [5.41, 5.74) is 4.84. The lowest BCUT2D eigenvalue weighted by Crippen LogP contribution is -2.40. The lowest BCUT2D eigenvalue weighted by molar-refractivity contribution is 0.703. The molecule has 0 aliphatic rings. The molecule has 1 atom stereocenters. The lowest BCUT2D eigenvalue weighted by Gasteiger charge is -2.15. The molecule has 4 heteroatoms. The quantitative estimate of drug-likeness (QED) is 0.391. The van der Waals surface area contributed by atoms with Crippen LogP contribution in [0.3, 0.4) is 0 Å². The van der Waals surface area contributed by atoms with Crippen LogP contribution >= 0.6 is 12.2 Å². The van der Waals surface area contributed by atoms with Gasteiger partial charge in [-0.1, -0.05) is 29.8 Å². The molecule has 0 saturated carbocycles. The Morgan fingerprint density at radius 3 is 2.43 bits per heavy atom. The summed E-state index contributed by atoms with van der Waals surface area (Å²) in [6.07, 6.45) is 0. The summed E-state index contributed by atoms with van der Waals surface area (Å²) >= 11 is 4.91. The number of hydrogen-bond acceptors (Lipinski definition) is 2. The van der Waals surface area contributed by atoms with Gasteiger partial charge in [-0.15, -0.1) is 0 Å². The van der Waals surface area contributed by atoms with Crippen molar-refractivity contribution < 1.29 is 0 Å². The number of rotatable bonds is 2. The maximum Gasteiger partial charge on any atom is 0.181 e. The van der Waals surface area contributed by atoms with E-state index in [9.17, 15) is 0 Å². The molecule has 0 radical (unpaired) electrons. The second kappa shape index (κ2) is 4.93. The summed E-state index contributed by atoms with van der Waals surface area (Å²) < 4.78 is 0. The minimum Gasteiger partial charge on any atom is -0.355 e. The Hall–Kier alpha value is -1.13. The molecule has 0 aliphatic carbocycles. The topological polar surface area (TPSA) is 50.1 Å². The van der Waals surface area contributed by atoms with Gasteiger partial charge in [0.15, 0.2) is 5.11 Å². The van der Waals surface area contributed by atoms with Crippen molar-refractivity contribution in [2.75, 3.05) is 0 Å². The fourth-order valence-corrected chi connectivity index (χ4v) is 1.35. The molecule has 3 nitrogen and oxygen atoms in total. The number of aryl methyl sites for hydroxylation is 1. The maximum atomic E-state index is 5.17. The zero-order chi connectivity index (χ0) is 10.6. The molecule has 1 aromatic carbocycles. The van der Waals surface area contributed by atoms with Gasteiger partial charge in [-0.25, -0.2) is 5.84 Å². The number of nitrogens with two attached hydrogens (primary N) is 1. The Labute approximate surface area is 89.7 Å². The van der Waals surface area contributed by atoms with Crippen LogP contribution in [-0.2, 0) is 0 Å². The van der Waals surface area contributed by atoms with Crippen LogP contribution in [0.5, 0.6) is 0 Å². The number of hydrogen-bond donors (Lipinski definition) is 3. The second-order valence-electron chi connectivity index (χ2n) is 3.25. The number of nitrogens with one attached hydrogen (secondary N) is 2. The lowest BCUT2D eigenvalue weighted by atomic mass is 10.1. The predicted octanol–water partition coefficient (Wildman–Crippen LogP) is 1.39. The second-order valence-corrected chi connectivity index (χ2v) is 3.66. The maximum absolute atomic E-state index is 5.17. The first-order valence-electron chi connectivity index (χ1n) is 4.47. The molecule has 0 heterocycles. The van der Waals surface area contributed by atoms with E-state index in [1.54, 1.807) is 0 Å². The van der Waals surface area contributed by atoms with E-state index in [1.165, 1.54) is 11.1 Å². The van der Waals surface area contributed by atoms with Crippen LogP contribution in [0.4, 0.5) is 0 Å². The van der Waals surface area contributed by atoms with E-state index in [-0.39, 0.29) is 6.04 Å². The monoisotopic (exact) mass is 209 g/mol. The normalized spacial score (nSPS) is 11.9. The molecule has 14 heavy (non-hydrogen) atoms. The molecule has 0 spiro atoms. The first kappa shape index (κ1) is 10.9. The summed E-state index contributed by atoms with van der Waals surface area (Å²) in [7, 11) is 0. The Morgan fingerprint density at radius 2 is 1.93 bits per heavy atom. The third-order valence-corrected chi connectivity index (χ3v) is 2.29. The van der Waals surface area contributed by atoms with Crippen LogP contribution < -0.4 is 16.6 Å². The van der Waals surface area contributed by atoms with Crippen molar-refractivity contribution in [3.8, 4) is 0 Å². The SMILES string of the molecule is Cc1ccc(C(C)NC(=S)NN)cc1. The van der Waals surface area contributed by atoms with Crippen molar-refractivity contribution in [1.29, 1.82) is 0 Å². The van der Waals surface area contributed by atoms with Crippen LogP contribution in [0, 0.1) is 6.92 Å². The van der Waals surface area contributed by atoms with Crippen LogP contribution in [0.25, 0.3) is 0 Å². The fourth-order valence-electron chi connectivity index (χ4n) is 1.18. The molecule has 0 aliphatic heterocycles. The van der Waals surface area contributed by atoms with Crippen LogP contribution in [0.1, 0.15) is 24.1 Å². The largest absolute Gasteiger partial charge is 0.355 e. The van der Waals surface area contributed by atoms with Gasteiger partial charge in [-0.3, -0.25) is 0 Å². The van der Waals surface area contributed by atoms with E-state index >= 15 is 0 Å². The van der Waals surface area contributed by atoms with Crippen molar-refractivity contribution in [3.05, 3.63) is 35.4 Å². The standard InChI is InChI=1S/C10H15N3S/c1-7-3-5-9(6-4-7)8(2)12-10(14)13-11/h3-6,8H,11H2,1-2H3,(H2,12,13,14). The molecule has 4 N–H and O–H groups in total. The first-order valence-corrected chi connectivity index (χ1v) is 4.88. The third-order valence-electron chi connectivity index (χ3n) is 2.06. The molecule has 0 fully saturated rings. The van der Waals surface area contributed by atoms with Crippen LogP contribution in [-0.4, -0.2) is 5.11 Å². The van der Waals surface area contributed by atoms with Crippen LogP contribution in [0.15, 0.2) is 24.3 Å². The van der Waals surface area contributed by atoms with Crippen molar-refractivity contribution in [2.24, 2.45) is 5.84 Å². The van der Waals surface area contributed by atoms with Gasteiger partial charge in [0, 0.05) is 0 Å². The minimum atomic E-state index is 0.166. The minimum absolute atomic E-state index is 0.166. The number of benzene rings is 1. The fraction of sp³-hybridized carbons (Fsp3) is 0.300. The molecule has 0 saturated heterocycles. The third kappa shape index (κ3) is 2.97. The molecule has 1 aromatic rings. The van der Waals surface area contributed by atoms with Gasteiger partial charge in [0.05, 0.1) is 6.04 Å². The molecule has 1 rings (SSSR count). The van der Waals surface area contributed by atoms with Gasteiger partial charge >= 0.3 is 0 Å². The summed E-state index contributed by atoms with van der Waals surface area (Å²) in [5.74, 6) is 5.17. The average molecular weight is 209 g/mol. The van der Waals surface area contributed by atoms with Gasteiger partial charge in [0.1, 0.15) is 0 Å². The smallest absolute Gasteiger partial charge is 0.181 e. The Kier molecular flexibility index (Phi) is 3.85. The molecule has 0 amide bonds. The average Bonchev–Trinajstić information content (AvgIpc) is 2.18. The van der Waals surface area contributed by atoms with Crippen LogP contribution in [0.2, 0.25) is 0 Å². The van der Waals surface area contributed by atoms with E-state index in [2.05, 4.69) is 41.9 Å². The van der Waals surface area contributed by atoms with Crippen molar-refractivity contribution in [1.82, 2.24) is 10.7 Å². The number of hydrazine groups is 1. The van der Waals surface area contributed by atoms with E-state index in [1.807, 2.05) is 6.92 Å². The Balaban J connectivity index is 2.65. The van der Waals surface area contributed by atoms with Crippen molar-refractivity contribution in [3.63, 3.8) is 0 Å². The summed E-state index contributed by atoms with van der Waals surface area (Å²) in [6.45, 7) is 4.10. The van der Waals surface area contributed by atoms with E-state index < -0.39 is 0 Å². The molecule has 0 bridgehead atoms. The highest BCUT2D eigenvalue weighted by molar-refractivity contribution is 7.80. The zero-order valence-corrected chi connectivity index (χ0v) is 9.19. The van der Waals surface area contributed by atoms with Gasteiger partial charge in [-0.05, 0) is 31.6 Å². The molecular weight excluding hydrogens is 194 g/mol. The Morgan fingerprint density at radius 1 is 1.36 bits per heavy atom. The molecule has 76 valence electrons. The molecule has 1 unspecified atom stereocenters. The Bertz CT molecular complexity index is 308. The molecular formula is C10H15N3S. The van der Waals surface area contributed by atoms with Gasteiger partial charge < -0.3 is 10.7 Å². The molecule has 0 aromatic heterocycles. The predicted molar refractivity (Wildman–Crippen MR) is 62.7 cm³/mol. The van der Waals surface area contributed by atoms with Crippen molar-refractivity contribution >= 4 is 17.3 Å². The summed E-state index contributed by atoms with van der Waals surface area (Å²) in [5, 5.41) is 3.52. The van der Waals surface area contributed by atoms with Crippen molar-refractivity contribution in [2.45, 2.75) is 19.9 Å². The van der Waals surface area contributed by atoms with E-state index in [0.29, 0.717) is 5.11 Å². The number of thiocarbonyl (C=S) groups is 1. The van der Waals surface area contributed by atoms with E-state index in [4.69, 9.17) is 18.1 Å². The highest BCUT2D eigenvalue weighted by Crippen LogP contribution is 2.12. The van der Waals surface area contributed by atoms with Gasteiger partial charge in [0.2, 0.25) is 0 Å².